The van der Waals surface area contributed by atoms with Gasteiger partial charge in [0, 0.05) is 18.8 Å². The summed E-state index contributed by atoms with van der Waals surface area (Å²) < 4.78 is 0. The predicted molar refractivity (Wildman–Crippen MR) is 89.5 cm³/mol. The van der Waals surface area contributed by atoms with Crippen molar-refractivity contribution < 1.29 is 0 Å². The molecule has 0 heterocycles. The van der Waals surface area contributed by atoms with Gasteiger partial charge < -0.3 is 10.6 Å². The second-order valence-electron chi connectivity index (χ2n) is 6.56. The van der Waals surface area contributed by atoms with Gasteiger partial charge >= 0.3 is 0 Å². The van der Waals surface area contributed by atoms with Gasteiger partial charge in [-0.1, -0.05) is 51.6 Å². The lowest BCUT2D eigenvalue weighted by Crippen LogP contribution is -2.20. The molecule has 0 aliphatic carbocycles. The van der Waals surface area contributed by atoms with Crippen LogP contribution in [0.15, 0.2) is 48.6 Å². The summed E-state index contributed by atoms with van der Waals surface area (Å²) >= 11 is 0. The highest BCUT2D eigenvalue weighted by Crippen LogP contribution is 2.30. The van der Waals surface area contributed by atoms with Gasteiger partial charge in [0.15, 0.2) is 0 Å². The maximum absolute atomic E-state index is 5.80. The fraction of sp³-hybridized carbons (Fsp3) is 0.444. The van der Waals surface area contributed by atoms with E-state index < -0.39 is 0 Å². The Morgan fingerprint density at radius 2 is 1.90 bits per heavy atom. The first-order chi connectivity index (χ1) is 9.20. The molecule has 2 heteroatoms. The third kappa shape index (κ3) is 5.22. The van der Waals surface area contributed by atoms with E-state index in [4.69, 9.17) is 5.73 Å². The van der Waals surface area contributed by atoms with Crippen LogP contribution >= 0.6 is 0 Å². The summed E-state index contributed by atoms with van der Waals surface area (Å²) in [5, 5.41) is 0. The van der Waals surface area contributed by atoms with Crippen LogP contribution in [0.3, 0.4) is 0 Å². The number of allylic oxidation sites excluding steroid dienone is 1. The van der Waals surface area contributed by atoms with Crippen molar-refractivity contribution in [3.8, 4) is 0 Å². The molecule has 0 atom stereocenters. The third-order valence-electron chi connectivity index (χ3n) is 3.53. The fourth-order valence-corrected chi connectivity index (χ4v) is 2.09. The van der Waals surface area contributed by atoms with Crippen molar-refractivity contribution in [1.82, 2.24) is 4.90 Å². The Morgan fingerprint density at radius 1 is 1.25 bits per heavy atom. The van der Waals surface area contributed by atoms with Crippen LogP contribution in [-0.2, 0) is 6.54 Å². The topological polar surface area (TPSA) is 29.3 Å². The van der Waals surface area contributed by atoms with Gasteiger partial charge in [0.2, 0.25) is 0 Å². The van der Waals surface area contributed by atoms with Crippen molar-refractivity contribution in [2.24, 2.45) is 5.41 Å². The smallest absolute Gasteiger partial charge is 0.0317 e. The third-order valence-corrected chi connectivity index (χ3v) is 3.53. The minimum absolute atomic E-state index is 0.101. The maximum Gasteiger partial charge on any atom is 0.0317 e. The summed E-state index contributed by atoms with van der Waals surface area (Å²) in [4.78, 5) is 2.29. The molecule has 1 aromatic carbocycles. The van der Waals surface area contributed by atoms with Crippen molar-refractivity contribution in [2.75, 3.05) is 19.3 Å². The molecule has 0 radical (unpaired) electrons. The van der Waals surface area contributed by atoms with Crippen molar-refractivity contribution in [3.63, 3.8) is 0 Å². The molecule has 0 unspecified atom stereocenters. The van der Waals surface area contributed by atoms with Crippen LogP contribution < -0.4 is 5.73 Å². The van der Waals surface area contributed by atoms with Gasteiger partial charge in [-0.15, -0.1) is 0 Å². The zero-order valence-corrected chi connectivity index (χ0v) is 13.4. The van der Waals surface area contributed by atoms with Gasteiger partial charge in [-0.2, -0.15) is 0 Å². The largest absolute Gasteiger partial charge is 0.399 e. The van der Waals surface area contributed by atoms with Gasteiger partial charge in [0.1, 0.15) is 0 Å². The Balaban J connectivity index is 2.46. The fourth-order valence-electron chi connectivity index (χ4n) is 2.09. The number of hydrogen-bond acceptors (Lipinski definition) is 2. The Hall–Kier alpha value is -1.54. The minimum atomic E-state index is 0.101. The summed E-state index contributed by atoms with van der Waals surface area (Å²) in [6, 6.07) is 8.05. The molecule has 0 aliphatic heterocycles. The quantitative estimate of drug-likeness (QED) is 0.619. The zero-order chi connectivity index (χ0) is 15.3. The lowest BCUT2D eigenvalue weighted by molar-refractivity contribution is 0.330. The predicted octanol–water partition coefficient (Wildman–Crippen LogP) is 4.25. The summed E-state index contributed by atoms with van der Waals surface area (Å²) in [6.07, 6.45) is 0.953. The average Bonchev–Trinajstić information content (AvgIpc) is 2.34. The monoisotopic (exact) mass is 272 g/mol. The van der Waals surface area contributed by atoms with E-state index in [9.17, 15) is 0 Å². The summed E-state index contributed by atoms with van der Waals surface area (Å²) in [5.41, 5.74) is 10.3. The Bertz CT molecular complexity index is 480. The van der Waals surface area contributed by atoms with Crippen LogP contribution in [-0.4, -0.2) is 18.5 Å². The normalized spacial score (nSPS) is 11.7. The van der Waals surface area contributed by atoms with E-state index in [0.29, 0.717) is 0 Å². The van der Waals surface area contributed by atoms with E-state index in [0.717, 1.165) is 36.3 Å². The molecule has 0 saturated carbocycles. The molecular formula is C18H28N2. The second-order valence-corrected chi connectivity index (χ2v) is 6.56. The molecule has 2 nitrogen and oxygen atoms in total. The highest BCUT2D eigenvalue weighted by Gasteiger charge is 2.17. The number of anilines is 1. The van der Waals surface area contributed by atoms with E-state index in [1.165, 1.54) is 5.56 Å². The summed E-state index contributed by atoms with van der Waals surface area (Å²) in [6.45, 7) is 16.7. The molecule has 20 heavy (non-hydrogen) atoms. The van der Waals surface area contributed by atoms with Crippen molar-refractivity contribution in [1.29, 1.82) is 0 Å². The van der Waals surface area contributed by atoms with Crippen LogP contribution in [0.5, 0.6) is 0 Å². The van der Waals surface area contributed by atoms with Crippen LogP contribution in [0.1, 0.15) is 32.8 Å². The molecule has 2 N–H and O–H groups in total. The molecule has 0 aliphatic rings. The van der Waals surface area contributed by atoms with Crippen molar-refractivity contribution in [2.45, 2.75) is 33.7 Å². The van der Waals surface area contributed by atoms with E-state index in [1.807, 2.05) is 18.2 Å². The van der Waals surface area contributed by atoms with Crippen LogP contribution in [0.4, 0.5) is 5.69 Å². The number of nitrogens with zero attached hydrogens (tertiary/aromatic N) is 1. The SMILES string of the molecule is C=C(CCN(C)Cc1cccc(N)c1)C(=C)C(C)(C)C. The molecule has 0 saturated heterocycles. The standard InChI is InChI=1S/C18H28N2/c1-14(15(2)18(3,4)5)10-11-20(6)13-16-8-7-9-17(19)12-16/h7-9,12H,1-2,10-11,13,19H2,3-6H3. The molecule has 1 aromatic rings. The zero-order valence-electron chi connectivity index (χ0n) is 13.4. The summed E-state index contributed by atoms with van der Waals surface area (Å²) in [7, 11) is 2.12. The second kappa shape index (κ2) is 6.76. The molecular weight excluding hydrogens is 244 g/mol. The van der Waals surface area contributed by atoms with Crippen molar-refractivity contribution in [3.05, 3.63) is 54.1 Å². The molecule has 0 bridgehead atoms. The van der Waals surface area contributed by atoms with Crippen LogP contribution in [0.25, 0.3) is 0 Å². The average molecular weight is 272 g/mol. The molecule has 0 aromatic heterocycles. The van der Waals surface area contributed by atoms with Gasteiger partial charge in [-0.05, 0) is 42.2 Å². The Labute approximate surface area is 124 Å². The lowest BCUT2D eigenvalue weighted by atomic mass is 9.82. The molecule has 0 spiro atoms. The van der Waals surface area contributed by atoms with Crippen LogP contribution in [0, 0.1) is 5.41 Å². The van der Waals surface area contributed by atoms with Crippen molar-refractivity contribution >= 4 is 5.69 Å². The summed E-state index contributed by atoms with van der Waals surface area (Å²) in [5.74, 6) is 0. The first-order valence-electron chi connectivity index (χ1n) is 7.10. The van der Waals surface area contributed by atoms with Crippen LogP contribution in [0.2, 0.25) is 0 Å². The first kappa shape index (κ1) is 16.5. The number of benzene rings is 1. The molecule has 110 valence electrons. The number of hydrogen-bond donors (Lipinski definition) is 1. The number of rotatable bonds is 6. The lowest BCUT2D eigenvalue weighted by Gasteiger charge is -2.25. The highest BCUT2D eigenvalue weighted by atomic mass is 15.1. The number of nitrogens with two attached hydrogens (primary N) is 1. The van der Waals surface area contributed by atoms with Gasteiger partial charge in [-0.25, -0.2) is 0 Å². The number of nitrogen functional groups attached to an aromatic ring is 1. The highest BCUT2D eigenvalue weighted by molar-refractivity contribution is 5.40. The van der Waals surface area contributed by atoms with Gasteiger partial charge in [0.25, 0.3) is 0 Å². The van der Waals surface area contributed by atoms with E-state index in [1.54, 1.807) is 0 Å². The van der Waals surface area contributed by atoms with E-state index in [2.05, 4.69) is 51.9 Å². The first-order valence-corrected chi connectivity index (χ1v) is 7.10. The van der Waals surface area contributed by atoms with Gasteiger partial charge in [-0.3, -0.25) is 0 Å². The molecule has 0 fully saturated rings. The Kier molecular flexibility index (Phi) is 5.58. The Morgan fingerprint density at radius 3 is 2.45 bits per heavy atom. The molecule has 0 amide bonds. The minimum Gasteiger partial charge on any atom is -0.399 e. The van der Waals surface area contributed by atoms with E-state index >= 15 is 0 Å². The van der Waals surface area contributed by atoms with Gasteiger partial charge in [0.05, 0.1) is 0 Å². The van der Waals surface area contributed by atoms with E-state index in [-0.39, 0.29) is 5.41 Å². The molecule has 1 rings (SSSR count). The maximum atomic E-state index is 5.80.